The Kier molecular flexibility index (Phi) is 5.24. The summed E-state index contributed by atoms with van der Waals surface area (Å²) in [6.07, 6.45) is 0. The number of carbonyl (C=O) groups is 1. The van der Waals surface area contributed by atoms with Gasteiger partial charge in [-0.2, -0.15) is 5.10 Å². The maximum absolute atomic E-state index is 13.4. The van der Waals surface area contributed by atoms with Crippen LogP contribution >= 0.6 is 0 Å². The van der Waals surface area contributed by atoms with Gasteiger partial charge in [0.15, 0.2) is 17.1 Å². The Morgan fingerprint density at radius 1 is 1.00 bits per heavy atom. The van der Waals surface area contributed by atoms with Crippen LogP contribution in [0.4, 0.5) is 0 Å². The molecule has 1 atom stereocenters. The van der Waals surface area contributed by atoms with Crippen molar-refractivity contribution in [2.75, 3.05) is 13.2 Å². The fourth-order valence-corrected chi connectivity index (χ4v) is 4.15. The fourth-order valence-electron chi connectivity index (χ4n) is 4.15. The minimum atomic E-state index is -0.218. The van der Waals surface area contributed by atoms with E-state index >= 15 is 0 Å². The number of aryl methyl sites for hydroxylation is 3. The Morgan fingerprint density at radius 2 is 1.73 bits per heavy atom. The Morgan fingerprint density at radius 3 is 2.48 bits per heavy atom. The highest BCUT2D eigenvalue weighted by Crippen LogP contribution is 2.33. The van der Waals surface area contributed by atoms with E-state index in [4.69, 9.17) is 19.6 Å². The zero-order valence-corrected chi connectivity index (χ0v) is 19.2. The molecule has 0 fully saturated rings. The van der Waals surface area contributed by atoms with Crippen LogP contribution in [-0.4, -0.2) is 33.9 Å². The lowest BCUT2D eigenvalue weighted by Crippen LogP contribution is -2.27. The van der Waals surface area contributed by atoms with Crippen LogP contribution in [0.15, 0.2) is 48.5 Å². The molecule has 1 aliphatic heterocycles. The molecule has 1 N–H and O–H groups in total. The van der Waals surface area contributed by atoms with Gasteiger partial charge in [0.1, 0.15) is 13.2 Å². The topological polar surface area (TPSA) is 78.3 Å². The molecule has 2 aromatic heterocycles. The number of nitrogens with zero attached hydrogens (tertiary/aromatic N) is 3. The zero-order chi connectivity index (χ0) is 23.1. The number of hydrogen-bond donors (Lipinski definition) is 1. The van der Waals surface area contributed by atoms with Crippen LogP contribution in [0.2, 0.25) is 0 Å². The number of ether oxygens (including phenoxy) is 2. The largest absolute Gasteiger partial charge is 0.486 e. The predicted molar refractivity (Wildman–Crippen MR) is 126 cm³/mol. The van der Waals surface area contributed by atoms with Gasteiger partial charge in [-0.3, -0.25) is 4.79 Å². The van der Waals surface area contributed by atoms with Gasteiger partial charge in [-0.25, -0.2) is 9.67 Å². The van der Waals surface area contributed by atoms with Crippen molar-refractivity contribution in [1.29, 1.82) is 0 Å². The summed E-state index contributed by atoms with van der Waals surface area (Å²) in [7, 11) is 0. The van der Waals surface area contributed by atoms with Crippen LogP contribution < -0.4 is 14.8 Å². The molecule has 0 saturated heterocycles. The van der Waals surface area contributed by atoms with Crippen LogP contribution in [-0.2, 0) is 0 Å². The number of aromatic nitrogens is 3. The van der Waals surface area contributed by atoms with Crippen molar-refractivity contribution in [2.24, 2.45) is 0 Å². The molecule has 0 bridgehead atoms. The number of nitrogens with one attached hydrogen (secondary N) is 1. The highest BCUT2D eigenvalue weighted by Gasteiger charge is 2.22. The highest BCUT2D eigenvalue weighted by atomic mass is 16.6. The molecule has 1 amide bonds. The van der Waals surface area contributed by atoms with E-state index in [2.05, 4.69) is 5.32 Å². The number of hydrogen-bond acceptors (Lipinski definition) is 5. The van der Waals surface area contributed by atoms with Crippen molar-refractivity contribution in [3.63, 3.8) is 0 Å². The Balaban J connectivity index is 1.49. The number of amides is 1. The van der Waals surface area contributed by atoms with Gasteiger partial charge < -0.3 is 14.8 Å². The summed E-state index contributed by atoms with van der Waals surface area (Å²) in [6.45, 7) is 8.87. The summed E-state index contributed by atoms with van der Waals surface area (Å²) >= 11 is 0. The summed E-state index contributed by atoms with van der Waals surface area (Å²) in [5.41, 5.74) is 5.79. The van der Waals surface area contributed by atoms with Crippen molar-refractivity contribution >= 4 is 16.9 Å². The lowest BCUT2D eigenvalue weighted by atomic mass is 10.1. The molecule has 0 spiro atoms. The average molecular weight is 443 g/mol. The van der Waals surface area contributed by atoms with Crippen molar-refractivity contribution < 1.29 is 14.3 Å². The summed E-state index contributed by atoms with van der Waals surface area (Å²) in [4.78, 5) is 18.1. The SMILES string of the molecule is Cc1ccc(-n2nc(C)c3c(C(=O)N[C@H](C)c4ccc5c(c4)OCCO5)cc(C)nc32)cc1. The predicted octanol–water partition coefficient (Wildman–Crippen LogP) is 4.61. The van der Waals surface area contributed by atoms with Gasteiger partial charge in [0.2, 0.25) is 0 Å². The van der Waals surface area contributed by atoms with Gasteiger partial charge in [0.05, 0.1) is 28.4 Å². The molecule has 1 aliphatic rings. The van der Waals surface area contributed by atoms with Crippen LogP contribution in [0, 0.1) is 20.8 Å². The van der Waals surface area contributed by atoms with Crippen molar-refractivity contribution in [2.45, 2.75) is 33.7 Å². The van der Waals surface area contributed by atoms with E-state index in [-0.39, 0.29) is 11.9 Å². The number of carbonyl (C=O) groups excluding carboxylic acids is 1. The first kappa shape index (κ1) is 21.0. The summed E-state index contributed by atoms with van der Waals surface area (Å²) in [5, 5.41) is 8.58. The van der Waals surface area contributed by atoms with Gasteiger partial charge in [-0.15, -0.1) is 0 Å². The van der Waals surface area contributed by atoms with E-state index in [9.17, 15) is 4.79 Å². The molecule has 168 valence electrons. The van der Waals surface area contributed by atoms with E-state index in [0.717, 1.165) is 33.8 Å². The Bertz CT molecular complexity index is 1360. The molecule has 0 saturated carbocycles. The monoisotopic (exact) mass is 442 g/mol. The molecular formula is C26H26N4O3. The summed E-state index contributed by atoms with van der Waals surface area (Å²) in [5.74, 6) is 1.27. The maximum Gasteiger partial charge on any atom is 0.252 e. The van der Waals surface area contributed by atoms with Crippen molar-refractivity contribution in [3.8, 4) is 17.2 Å². The van der Waals surface area contributed by atoms with Gasteiger partial charge in [0.25, 0.3) is 5.91 Å². The second-order valence-electron chi connectivity index (χ2n) is 8.44. The molecule has 2 aromatic carbocycles. The van der Waals surface area contributed by atoms with Crippen LogP contribution in [0.3, 0.4) is 0 Å². The van der Waals surface area contributed by atoms with E-state index in [1.54, 1.807) is 4.68 Å². The normalized spacial score (nSPS) is 13.7. The van der Waals surface area contributed by atoms with E-state index in [0.29, 0.717) is 30.2 Å². The minimum absolute atomic E-state index is 0.167. The third-order valence-electron chi connectivity index (χ3n) is 5.88. The quantitative estimate of drug-likeness (QED) is 0.499. The highest BCUT2D eigenvalue weighted by molar-refractivity contribution is 6.07. The zero-order valence-electron chi connectivity index (χ0n) is 19.2. The minimum Gasteiger partial charge on any atom is -0.486 e. The van der Waals surface area contributed by atoms with Gasteiger partial charge in [0, 0.05) is 5.69 Å². The van der Waals surface area contributed by atoms with E-state index < -0.39 is 0 Å². The summed E-state index contributed by atoms with van der Waals surface area (Å²) in [6, 6.07) is 15.5. The summed E-state index contributed by atoms with van der Waals surface area (Å²) < 4.78 is 13.1. The molecule has 33 heavy (non-hydrogen) atoms. The van der Waals surface area contributed by atoms with Crippen LogP contribution in [0.25, 0.3) is 16.7 Å². The molecular weight excluding hydrogens is 416 g/mol. The van der Waals surface area contributed by atoms with Gasteiger partial charge in [-0.1, -0.05) is 23.8 Å². The third-order valence-corrected chi connectivity index (χ3v) is 5.88. The first-order valence-electron chi connectivity index (χ1n) is 11.0. The number of rotatable bonds is 4. The Labute approximate surface area is 192 Å². The number of fused-ring (bicyclic) bond motifs is 2. The standard InChI is InChI=1S/C26H26N4O3/c1-15-5-8-20(9-6-15)30-25-24(18(4)29-30)21(13-16(2)27-25)26(31)28-17(3)19-7-10-22-23(14-19)33-12-11-32-22/h5-10,13-14,17H,11-12H2,1-4H3,(H,28,31)/t17-/m1/s1. The molecule has 7 heteroatoms. The number of benzene rings is 2. The molecule has 3 heterocycles. The van der Waals surface area contributed by atoms with Crippen molar-refractivity contribution in [3.05, 3.63) is 76.6 Å². The van der Waals surface area contributed by atoms with Gasteiger partial charge in [-0.05, 0) is 63.6 Å². The molecule has 0 unspecified atom stereocenters. The third kappa shape index (κ3) is 3.91. The lowest BCUT2D eigenvalue weighted by molar-refractivity contribution is 0.0941. The smallest absolute Gasteiger partial charge is 0.252 e. The van der Waals surface area contributed by atoms with E-state index in [1.165, 1.54) is 5.56 Å². The maximum atomic E-state index is 13.4. The Hall–Kier alpha value is -3.87. The lowest BCUT2D eigenvalue weighted by Gasteiger charge is -2.21. The number of pyridine rings is 1. The molecule has 7 nitrogen and oxygen atoms in total. The molecule has 0 aliphatic carbocycles. The van der Waals surface area contributed by atoms with Crippen LogP contribution in [0.5, 0.6) is 11.5 Å². The first-order valence-corrected chi connectivity index (χ1v) is 11.0. The fraction of sp³-hybridized carbons (Fsp3) is 0.269. The van der Waals surface area contributed by atoms with Gasteiger partial charge >= 0.3 is 0 Å². The van der Waals surface area contributed by atoms with Crippen molar-refractivity contribution in [1.82, 2.24) is 20.1 Å². The first-order chi connectivity index (χ1) is 15.9. The molecule has 0 radical (unpaired) electrons. The second kappa shape index (κ2) is 8.24. The van der Waals surface area contributed by atoms with Crippen LogP contribution in [0.1, 0.15) is 45.8 Å². The van der Waals surface area contributed by atoms with E-state index in [1.807, 2.05) is 76.2 Å². The molecule has 4 aromatic rings. The average Bonchev–Trinajstić information content (AvgIpc) is 3.14. The second-order valence-corrected chi connectivity index (χ2v) is 8.44. The molecule has 5 rings (SSSR count).